The lowest BCUT2D eigenvalue weighted by atomic mass is 10.1. The van der Waals surface area contributed by atoms with Crippen LogP contribution in [-0.4, -0.2) is 37.7 Å². The van der Waals surface area contributed by atoms with Crippen LogP contribution in [0.15, 0.2) is 24.3 Å². The molecule has 0 unspecified atom stereocenters. The van der Waals surface area contributed by atoms with Gasteiger partial charge in [0.15, 0.2) is 0 Å². The van der Waals surface area contributed by atoms with E-state index in [-0.39, 0.29) is 17.8 Å². The molecule has 0 rings (SSSR count). The third-order valence-corrected chi connectivity index (χ3v) is 1.89. The predicted octanol–water partition coefficient (Wildman–Crippen LogP) is 1.20. The van der Waals surface area contributed by atoms with Crippen molar-refractivity contribution in [2.75, 3.05) is 20.3 Å². The summed E-state index contributed by atoms with van der Waals surface area (Å²) >= 11 is 0. The van der Waals surface area contributed by atoms with E-state index in [9.17, 15) is 9.59 Å². The van der Waals surface area contributed by atoms with E-state index in [1.54, 1.807) is 0 Å². The molecule has 0 saturated carbocycles. The highest BCUT2D eigenvalue weighted by Gasteiger charge is 2.21. The van der Waals surface area contributed by atoms with Crippen molar-refractivity contribution in [3.63, 3.8) is 0 Å². The summed E-state index contributed by atoms with van der Waals surface area (Å²) in [6.45, 7) is 13.0. The maximum Gasteiger partial charge on any atom is 0.338 e. The quantitative estimate of drug-likeness (QED) is 0.335. The summed E-state index contributed by atoms with van der Waals surface area (Å²) in [5.41, 5.74) is -0.444. The second-order valence-electron chi connectivity index (χ2n) is 4.79. The first-order valence-corrected chi connectivity index (χ1v) is 5.56. The Balaban J connectivity index is 4.37. The molecule has 0 aliphatic heterocycles. The van der Waals surface area contributed by atoms with Gasteiger partial charge in [-0.3, -0.25) is 4.79 Å². The first-order valence-electron chi connectivity index (χ1n) is 5.56. The highest BCUT2D eigenvalue weighted by atomic mass is 16.6. The van der Waals surface area contributed by atoms with Crippen molar-refractivity contribution in [2.45, 2.75) is 26.3 Å². The van der Waals surface area contributed by atoms with Gasteiger partial charge in [0.1, 0.15) is 6.61 Å². The van der Waals surface area contributed by atoms with E-state index < -0.39 is 17.4 Å². The van der Waals surface area contributed by atoms with E-state index in [0.717, 1.165) is 0 Å². The molecule has 0 aromatic carbocycles. The summed E-state index contributed by atoms with van der Waals surface area (Å²) in [4.78, 5) is 23.2. The van der Waals surface area contributed by atoms with Gasteiger partial charge in [0.05, 0.1) is 12.2 Å². The van der Waals surface area contributed by atoms with Crippen molar-refractivity contribution in [1.29, 1.82) is 0 Å². The molecule has 1 N–H and O–H groups in total. The second-order valence-corrected chi connectivity index (χ2v) is 4.79. The molecule has 0 heterocycles. The Morgan fingerprint density at radius 1 is 1.11 bits per heavy atom. The molecule has 0 aromatic heterocycles. The minimum atomic E-state index is -0.666. The third-order valence-electron chi connectivity index (χ3n) is 1.89. The summed E-state index contributed by atoms with van der Waals surface area (Å²) in [6, 6.07) is 0. The van der Waals surface area contributed by atoms with Crippen molar-refractivity contribution >= 4 is 11.9 Å². The molecular weight excluding hydrogens is 234 g/mol. The van der Waals surface area contributed by atoms with E-state index >= 15 is 0 Å². The Kier molecular flexibility index (Phi) is 6.33. The third kappa shape index (κ3) is 6.20. The van der Waals surface area contributed by atoms with Crippen LogP contribution in [0.2, 0.25) is 0 Å². The highest BCUT2D eigenvalue weighted by Crippen LogP contribution is 2.10. The fourth-order valence-electron chi connectivity index (χ4n) is 0.981. The van der Waals surface area contributed by atoms with Crippen LogP contribution in [0.5, 0.6) is 0 Å². The van der Waals surface area contributed by atoms with Crippen LogP contribution in [0.4, 0.5) is 0 Å². The van der Waals surface area contributed by atoms with Gasteiger partial charge in [0.25, 0.3) is 5.91 Å². The molecule has 0 fully saturated rings. The monoisotopic (exact) mass is 255 g/mol. The minimum absolute atomic E-state index is 0.00680. The van der Waals surface area contributed by atoms with Gasteiger partial charge < -0.3 is 14.8 Å². The van der Waals surface area contributed by atoms with Crippen molar-refractivity contribution in [3.05, 3.63) is 24.3 Å². The summed E-state index contributed by atoms with van der Waals surface area (Å²) in [5.74, 6) is -1.10. The van der Waals surface area contributed by atoms with Gasteiger partial charge >= 0.3 is 5.97 Å². The highest BCUT2D eigenvalue weighted by molar-refractivity contribution is 6.08. The number of esters is 1. The largest absolute Gasteiger partial charge is 0.460 e. The zero-order valence-corrected chi connectivity index (χ0v) is 11.5. The SMILES string of the molecule is C=C(C(=C)C(=O)OCCOC)C(=O)NC(C)(C)C. The first kappa shape index (κ1) is 16.4. The van der Waals surface area contributed by atoms with Crippen molar-refractivity contribution in [1.82, 2.24) is 5.32 Å². The molecule has 1 amide bonds. The van der Waals surface area contributed by atoms with Crippen LogP contribution in [0.1, 0.15) is 20.8 Å². The number of methoxy groups -OCH3 is 1. The van der Waals surface area contributed by atoms with Crippen LogP contribution in [0.25, 0.3) is 0 Å². The maximum absolute atomic E-state index is 11.7. The number of carbonyl (C=O) groups is 2. The molecule has 5 heteroatoms. The number of nitrogens with one attached hydrogen (secondary N) is 1. The number of amides is 1. The van der Waals surface area contributed by atoms with Crippen LogP contribution in [0.3, 0.4) is 0 Å². The smallest absolute Gasteiger partial charge is 0.338 e. The molecule has 18 heavy (non-hydrogen) atoms. The van der Waals surface area contributed by atoms with Gasteiger partial charge in [0.2, 0.25) is 0 Å². The van der Waals surface area contributed by atoms with Crippen LogP contribution in [0, 0.1) is 0 Å². The second kappa shape index (κ2) is 6.96. The topological polar surface area (TPSA) is 64.6 Å². The zero-order valence-electron chi connectivity index (χ0n) is 11.5. The Morgan fingerprint density at radius 2 is 1.67 bits per heavy atom. The Bertz CT molecular complexity index is 352. The zero-order chi connectivity index (χ0) is 14.3. The molecule has 0 bridgehead atoms. The lowest BCUT2D eigenvalue weighted by Gasteiger charge is -2.21. The van der Waals surface area contributed by atoms with Gasteiger partial charge in [-0.25, -0.2) is 4.79 Å². The molecule has 0 aromatic rings. The Labute approximate surface area is 108 Å². The van der Waals surface area contributed by atoms with Gasteiger partial charge in [-0.15, -0.1) is 0 Å². The van der Waals surface area contributed by atoms with Crippen LogP contribution in [-0.2, 0) is 19.1 Å². The predicted molar refractivity (Wildman–Crippen MR) is 69.0 cm³/mol. The normalized spacial score (nSPS) is 10.7. The van der Waals surface area contributed by atoms with Crippen LogP contribution >= 0.6 is 0 Å². The number of hydrogen-bond donors (Lipinski definition) is 1. The van der Waals surface area contributed by atoms with E-state index in [2.05, 4.69) is 18.5 Å². The summed E-state index contributed by atoms with van der Waals surface area (Å²) in [7, 11) is 1.50. The molecule has 0 saturated heterocycles. The van der Waals surface area contributed by atoms with Crippen LogP contribution < -0.4 is 5.32 Å². The summed E-state index contributed by atoms with van der Waals surface area (Å²) < 4.78 is 9.58. The molecule has 0 aliphatic carbocycles. The fraction of sp³-hybridized carbons (Fsp3) is 0.538. The molecule has 0 radical (unpaired) electrons. The van der Waals surface area contributed by atoms with Gasteiger partial charge in [0, 0.05) is 18.2 Å². The average Bonchev–Trinajstić information content (AvgIpc) is 2.24. The number of carbonyl (C=O) groups excluding carboxylic acids is 2. The van der Waals surface area contributed by atoms with Crippen molar-refractivity contribution in [2.24, 2.45) is 0 Å². The Morgan fingerprint density at radius 3 is 2.11 bits per heavy atom. The van der Waals surface area contributed by atoms with E-state index in [1.807, 2.05) is 20.8 Å². The van der Waals surface area contributed by atoms with E-state index in [4.69, 9.17) is 9.47 Å². The molecule has 5 nitrogen and oxygen atoms in total. The lowest BCUT2D eigenvalue weighted by Crippen LogP contribution is -2.41. The number of ether oxygens (including phenoxy) is 2. The van der Waals surface area contributed by atoms with Crippen molar-refractivity contribution in [3.8, 4) is 0 Å². The average molecular weight is 255 g/mol. The van der Waals surface area contributed by atoms with Gasteiger partial charge in [-0.1, -0.05) is 13.2 Å². The maximum atomic E-state index is 11.7. The van der Waals surface area contributed by atoms with E-state index in [0.29, 0.717) is 6.61 Å². The summed E-state index contributed by atoms with van der Waals surface area (Å²) in [6.07, 6.45) is 0. The fourth-order valence-corrected chi connectivity index (χ4v) is 0.981. The molecule has 0 aliphatic rings. The van der Waals surface area contributed by atoms with Gasteiger partial charge in [-0.2, -0.15) is 0 Å². The minimum Gasteiger partial charge on any atom is -0.460 e. The summed E-state index contributed by atoms with van der Waals surface area (Å²) in [5, 5.41) is 2.69. The molecule has 0 spiro atoms. The molecular formula is C13H21NO4. The molecule has 0 atom stereocenters. The lowest BCUT2D eigenvalue weighted by molar-refractivity contribution is -0.140. The molecule has 102 valence electrons. The van der Waals surface area contributed by atoms with Gasteiger partial charge in [-0.05, 0) is 20.8 Å². The number of hydrogen-bond acceptors (Lipinski definition) is 4. The van der Waals surface area contributed by atoms with Crippen molar-refractivity contribution < 1.29 is 19.1 Å². The van der Waals surface area contributed by atoms with E-state index in [1.165, 1.54) is 7.11 Å². The number of rotatable bonds is 6. The Hall–Kier alpha value is -1.62. The standard InChI is InChI=1S/C13H21NO4/c1-9(11(15)14-13(3,4)5)10(2)12(16)18-8-7-17-6/h1-2,7-8H2,3-6H3,(H,14,15). The first-order chi connectivity index (χ1) is 8.19.